The zero-order valence-corrected chi connectivity index (χ0v) is 30.1. The van der Waals surface area contributed by atoms with E-state index in [1.165, 1.54) is 57.8 Å². The van der Waals surface area contributed by atoms with Gasteiger partial charge in [0.05, 0.1) is 29.3 Å². The second kappa shape index (κ2) is 18.5. The molecule has 2 aliphatic rings. The molecule has 0 atom stereocenters. The van der Waals surface area contributed by atoms with Crippen LogP contribution in [-0.4, -0.2) is 32.4 Å². The van der Waals surface area contributed by atoms with E-state index in [0.29, 0.717) is 12.2 Å². The number of fused-ring (bicyclic) bond motifs is 8. The summed E-state index contributed by atoms with van der Waals surface area (Å²) in [6, 6.07) is 35.9. The van der Waals surface area contributed by atoms with Gasteiger partial charge < -0.3 is 20.4 Å². The van der Waals surface area contributed by atoms with E-state index in [2.05, 4.69) is 89.7 Å². The van der Waals surface area contributed by atoms with Gasteiger partial charge in [0.25, 0.3) is 0 Å². The van der Waals surface area contributed by atoms with Gasteiger partial charge in [0.2, 0.25) is 5.91 Å². The zero-order chi connectivity index (χ0) is 36.0. The highest BCUT2D eigenvalue weighted by molar-refractivity contribution is 5.98. The van der Waals surface area contributed by atoms with E-state index in [1.807, 2.05) is 24.3 Å². The van der Waals surface area contributed by atoms with Gasteiger partial charge in [-0.3, -0.25) is 4.79 Å². The molecule has 1 amide bonds. The summed E-state index contributed by atoms with van der Waals surface area (Å²) in [5.41, 5.74) is 15.2. The van der Waals surface area contributed by atoms with Crippen LogP contribution in [0.3, 0.4) is 0 Å². The Balaban J connectivity index is 0.000000451. The molecule has 7 nitrogen and oxygen atoms in total. The predicted octanol–water partition coefficient (Wildman–Crippen LogP) is 11.1. The maximum absolute atomic E-state index is 10.4. The minimum atomic E-state index is -0.379. The van der Waals surface area contributed by atoms with E-state index < -0.39 is 0 Å². The molecule has 0 radical (unpaired) electrons. The Kier molecular flexibility index (Phi) is 12.9. The lowest BCUT2D eigenvalue weighted by atomic mass is 10.0. The second-order valence-electron chi connectivity index (χ2n) is 13.3. The average molecular weight is 692 g/mol. The van der Waals surface area contributed by atoms with Crippen molar-refractivity contribution in [2.24, 2.45) is 5.73 Å². The van der Waals surface area contributed by atoms with Crippen LogP contribution in [0.25, 0.3) is 45.6 Å². The Bertz CT molecular complexity index is 2140. The van der Waals surface area contributed by atoms with Crippen LogP contribution in [-0.2, 0) is 4.74 Å². The van der Waals surface area contributed by atoms with Crippen LogP contribution in [0.1, 0.15) is 110 Å². The Hall–Kier alpha value is -5.69. The third kappa shape index (κ3) is 10.2. The highest BCUT2D eigenvalue weighted by atomic mass is 16.5. The summed E-state index contributed by atoms with van der Waals surface area (Å²) in [6.45, 7) is 2.95. The molecule has 2 aliphatic heterocycles. The summed E-state index contributed by atoms with van der Waals surface area (Å²) in [5.74, 6) is 0.459. The van der Waals surface area contributed by atoms with Crippen molar-refractivity contribution >= 4 is 51.5 Å². The van der Waals surface area contributed by atoms with Gasteiger partial charge in [0.1, 0.15) is 5.69 Å². The van der Waals surface area contributed by atoms with Crippen molar-refractivity contribution in [1.82, 2.24) is 19.9 Å². The number of aromatic amines is 2. The number of hydrogen-bond donors (Lipinski definition) is 3. The molecule has 5 heterocycles. The quantitative estimate of drug-likeness (QED) is 0.0987. The predicted molar refractivity (Wildman–Crippen MR) is 215 cm³/mol. The maximum atomic E-state index is 10.4. The number of H-pyrrole nitrogens is 2. The molecule has 7 heteroatoms. The molecule has 5 aromatic rings. The molecule has 266 valence electrons. The van der Waals surface area contributed by atoms with Gasteiger partial charge in [0.15, 0.2) is 5.76 Å². The number of nitrogens with one attached hydrogen (secondary N) is 2. The molecule has 0 saturated heterocycles. The molecule has 52 heavy (non-hydrogen) atoms. The van der Waals surface area contributed by atoms with E-state index >= 15 is 0 Å². The molecule has 0 unspecified atom stereocenters. The van der Waals surface area contributed by atoms with E-state index in [1.54, 1.807) is 24.3 Å². The lowest BCUT2D eigenvalue weighted by Crippen LogP contribution is -2.09. The zero-order valence-electron chi connectivity index (χ0n) is 30.1. The molecule has 7 rings (SSSR count). The first kappa shape index (κ1) is 36.1. The molecule has 0 fully saturated rings. The summed E-state index contributed by atoms with van der Waals surface area (Å²) in [6.07, 6.45) is 17.1. The number of aromatic nitrogens is 4. The van der Waals surface area contributed by atoms with Gasteiger partial charge in [-0.2, -0.15) is 0 Å². The molecule has 0 saturated carbocycles. The SMILES string of the molecule is CCCCCCCCCCCCOC1=C(c2ccccc2)c2cc3nc(cc4ccc(cc5ccc(cc1n2)[nH]5)[nH]4)C=C3.NC(=O)c1ccccc1. The monoisotopic (exact) mass is 691 g/mol. The first-order valence-corrected chi connectivity index (χ1v) is 18.7. The van der Waals surface area contributed by atoms with Crippen molar-refractivity contribution in [3.63, 3.8) is 0 Å². The fourth-order valence-electron chi connectivity index (χ4n) is 6.44. The Labute approximate surface area is 306 Å². The topological polar surface area (TPSA) is 110 Å². The number of nitrogens with zero attached hydrogens (tertiary/aromatic N) is 2. The molecule has 3 aromatic heterocycles. The standard InChI is InChI=1S/C38H42N4O.C7H7NO/c1-2-3-4-5-6-7-8-9-10-14-23-43-38-36-27-34-22-20-32(41-34)25-30-18-17-29(39-30)24-31-19-21-33(40-31)26-35(42-36)37(38)28-15-12-11-13-16-28;8-7(9)6-4-2-1-3-5-6/h11-13,15-22,24-27,39,41H,2-10,14,23H2,1H3;1-5H,(H2,8,9). The van der Waals surface area contributed by atoms with Crippen molar-refractivity contribution in [3.8, 4) is 0 Å². The minimum Gasteiger partial charge on any atom is -0.491 e. The number of primary amides is 1. The van der Waals surface area contributed by atoms with Crippen molar-refractivity contribution in [3.05, 3.63) is 143 Å². The summed E-state index contributed by atoms with van der Waals surface area (Å²) < 4.78 is 6.63. The number of ether oxygens (including phenoxy) is 1. The molecule has 0 aliphatic carbocycles. The van der Waals surface area contributed by atoms with Gasteiger partial charge in [-0.25, -0.2) is 9.97 Å². The van der Waals surface area contributed by atoms with Crippen molar-refractivity contribution in [2.75, 3.05) is 6.61 Å². The largest absolute Gasteiger partial charge is 0.491 e. The average Bonchev–Trinajstić information content (AvgIpc) is 3.97. The second-order valence-corrected chi connectivity index (χ2v) is 13.3. The van der Waals surface area contributed by atoms with Gasteiger partial charge >= 0.3 is 0 Å². The van der Waals surface area contributed by atoms with Crippen LogP contribution in [0.4, 0.5) is 0 Å². The van der Waals surface area contributed by atoms with E-state index in [0.717, 1.165) is 68.2 Å². The van der Waals surface area contributed by atoms with Crippen LogP contribution in [0.15, 0.2) is 109 Å². The van der Waals surface area contributed by atoms with E-state index in [9.17, 15) is 4.79 Å². The lowest BCUT2D eigenvalue weighted by Gasteiger charge is -2.11. The molecule has 0 spiro atoms. The van der Waals surface area contributed by atoms with Crippen LogP contribution in [0, 0.1) is 0 Å². The number of amides is 1. The highest BCUT2D eigenvalue weighted by Gasteiger charge is 2.23. The Morgan fingerprint density at radius 2 is 1.13 bits per heavy atom. The lowest BCUT2D eigenvalue weighted by molar-refractivity contribution is 0.1000. The molecule has 2 aromatic carbocycles. The highest BCUT2D eigenvalue weighted by Crippen LogP contribution is 2.36. The molecule has 8 bridgehead atoms. The smallest absolute Gasteiger partial charge is 0.248 e. The van der Waals surface area contributed by atoms with Crippen LogP contribution in [0.5, 0.6) is 0 Å². The number of benzene rings is 2. The number of hydrogen-bond acceptors (Lipinski definition) is 4. The summed E-state index contributed by atoms with van der Waals surface area (Å²) in [5, 5.41) is 0. The summed E-state index contributed by atoms with van der Waals surface area (Å²) in [7, 11) is 0. The van der Waals surface area contributed by atoms with Crippen molar-refractivity contribution < 1.29 is 9.53 Å². The first-order valence-electron chi connectivity index (χ1n) is 18.7. The summed E-state index contributed by atoms with van der Waals surface area (Å²) in [4.78, 5) is 27.4. The van der Waals surface area contributed by atoms with Gasteiger partial charge in [-0.05, 0) is 84.8 Å². The third-order valence-corrected chi connectivity index (χ3v) is 9.16. The van der Waals surface area contributed by atoms with E-state index in [4.69, 9.17) is 20.4 Å². The molecule has 4 N–H and O–H groups in total. The molecular weight excluding hydrogens is 643 g/mol. The van der Waals surface area contributed by atoms with Crippen LogP contribution < -0.4 is 5.73 Å². The molecular formula is C45H49N5O2. The third-order valence-electron chi connectivity index (χ3n) is 9.16. The number of unbranched alkanes of at least 4 members (excludes halogenated alkanes) is 9. The number of carbonyl (C=O) groups excluding carboxylic acids is 1. The van der Waals surface area contributed by atoms with Crippen LogP contribution >= 0.6 is 0 Å². The maximum Gasteiger partial charge on any atom is 0.248 e. The van der Waals surface area contributed by atoms with Crippen LogP contribution in [0.2, 0.25) is 0 Å². The summed E-state index contributed by atoms with van der Waals surface area (Å²) >= 11 is 0. The fourth-order valence-corrected chi connectivity index (χ4v) is 6.44. The fraction of sp³-hybridized carbons (Fsp3) is 0.267. The van der Waals surface area contributed by atoms with Gasteiger partial charge in [-0.1, -0.05) is 113 Å². The Morgan fingerprint density at radius 3 is 1.73 bits per heavy atom. The first-order chi connectivity index (χ1) is 25.6. The Morgan fingerprint density at radius 1 is 0.596 bits per heavy atom. The van der Waals surface area contributed by atoms with Gasteiger partial charge in [-0.15, -0.1) is 0 Å². The normalized spacial score (nSPS) is 12.0. The minimum absolute atomic E-state index is 0.379. The van der Waals surface area contributed by atoms with Crippen molar-refractivity contribution in [2.45, 2.75) is 71.1 Å². The number of nitrogens with two attached hydrogens (primary N) is 1. The van der Waals surface area contributed by atoms with E-state index in [-0.39, 0.29) is 5.91 Å². The van der Waals surface area contributed by atoms with Gasteiger partial charge in [0, 0.05) is 27.6 Å². The number of rotatable bonds is 14. The van der Waals surface area contributed by atoms with Crippen molar-refractivity contribution in [1.29, 1.82) is 0 Å². The number of carbonyl (C=O) groups is 1.